The van der Waals surface area contributed by atoms with Crippen LogP contribution >= 0.6 is 22.7 Å². The first-order valence-electron chi connectivity index (χ1n) is 7.64. The minimum atomic E-state index is -0.333. The molecule has 1 amide bonds. The number of nitrogens with one attached hydrogen (secondary N) is 1. The summed E-state index contributed by atoms with van der Waals surface area (Å²) >= 11 is 2.95. The number of phenols is 1. The van der Waals surface area contributed by atoms with E-state index >= 15 is 0 Å². The topological polar surface area (TPSA) is 90.2 Å². The van der Waals surface area contributed by atoms with Crippen molar-refractivity contribution in [3.8, 4) is 16.3 Å². The van der Waals surface area contributed by atoms with Gasteiger partial charge in [0.05, 0.1) is 22.0 Å². The highest BCUT2D eigenvalue weighted by Gasteiger charge is 2.32. The van der Waals surface area contributed by atoms with Crippen LogP contribution in [0.15, 0.2) is 57.4 Å². The van der Waals surface area contributed by atoms with E-state index in [1.807, 2.05) is 22.9 Å². The maximum Gasteiger partial charge on any atom is 0.303 e. The number of thiazole rings is 1. The van der Waals surface area contributed by atoms with E-state index in [0.29, 0.717) is 16.5 Å². The van der Waals surface area contributed by atoms with Crippen LogP contribution in [0.1, 0.15) is 6.92 Å². The van der Waals surface area contributed by atoms with E-state index in [-0.39, 0.29) is 17.4 Å². The van der Waals surface area contributed by atoms with Crippen LogP contribution in [-0.4, -0.2) is 27.4 Å². The number of hydrazone groups is 2. The Morgan fingerprint density at radius 1 is 1.19 bits per heavy atom. The van der Waals surface area contributed by atoms with Gasteiger partial charge in [-0.1, -0.05) is 6.07 Å². The van der Waals surface area contributed by atoms with Gasteiger partial charge in [-0.05, 0) is 42.6 Å². The third-order valence-corrected chi connectivity index (χ3v) is 5.31. The Balaban J connectivity index is 1.54. The minimum Gasteiger partial charge on any atom is -0.508 e. The van der Waals surface area contributed by atoms with E-state index in [0.717, 1.165) is 10.6 Å². The molecule has 26 heavy (non-hydrogen) atoms. The number of anilines is 2. The Bertz CT molecular complexity index is 1010. The molecule has 0 unspecified atom stereocenters. The summed E-state index contributed by atoms with van der Waals surface area (Å²) in [6.45, 7) is 1.73. The molecule has 0 atom stereocenters. The normalized spacial score (nSPS) is 15.6. The fourth-order valence-electron chi connectivity index (χ4n) is 2.31. The number of nitrogens with zero attached hydrogens (tertiary/aromatic N) is 4. The van der Waals surface area contributed by atoms with E-state index in [1.165, 1.54) is 28.5 Å². The first-order valence-corrected chi connectivity index (χ1v) is 9.40. The molecule has 0 bridgehead atoms. The predicted molar refractivity (Wildman–Crippen MR) is 105 cm³/mol. The monoisotopic (exact) mass is 383 g/mol. The number of phenolic OH excluding ortho intramolecular Hbond substituents is 1. The van der Waals surface area contributed by atoms with Crippen LogP contribution in [0.2, 0.25) is 0 Å². The Hall–Kier alpha value is -3.04. The number of rotatable bonds is 4. The van der Waals surface area contributed by atoms with Crippen molar-refractivity contribution in [2.75, 3.05) is 10.4 Å². The number of hydrogen-bond donors (Lipinski definition) is 2. The lowest BCUT2D eigenvalue weighted by atomic mass is 10.2. The minimum absolute atomic E-state index is 0.161. The number of thiophene rings is 1. The standard InChI is InChI=1S/C17H13N5O2S2/c1-10-15(20-19-11-4-6-12(23)7-5-11)16(24)22(21-10)17-18-13(9-26-17)14-3-2-8-25-14/h2-9,19,23H,1H3/b20-15-. The summed E-state index contributed by atoms with van der Waals surface area (Å²) in [6, 6.07) is 10.3. The molecule has 1 aliphatic rings. The molecule has 9 heteroatoms. The highest BCUT2D eigenvalue weighted by atomic mass is 32.1. The molecule has 3 aromatic rings. The van der Waals surface area contributed by atoms with Crippen molar-refractivity contribution >= 4 is 50.8 Å². The molecule has 0 fully saturated rings. The number of aromatic hydroxyl groups is 1. The highest BCUT2D eigenvalue weighted by Crippen LogP contribution is 2.31. The van der Waals surface area contributed by atoms with Crippen LogP contribution in [0.25, 0.3) is 10.6 Å². The second-order valence-corrected chi connectivity index (χ2v) is 7.20. The second-order valence-electron chi connectivity index (χ2n) is 5.41. The molecular weight excluding hydrogens is 370 g/mol. The Morgan fingerprint density at radius 3 is 2.73 bits per heavy atom. The summed E-state index contributed by atoms with van der Waals surface area (Å²) in [7, 11) is 0. The summed E-state index contributed by atoms with van der Waals surface area (Å²) in [5.41, 5.74) is 5.03. The molecule has 0 aliphatic carbocycles. The van der Waals surface area contributed by atoms with Gasteiger partial charge in [0.1, 0.15) is 5.75 Å². The van der Waals surface area contributed by atoms with Crippen molar-refractivity contribution < 1.29 is 9.90 Å². The number of amides is 1. The Morgan fingerprint density at radius 2 is 2.00 bits per heavy atom. The lowest BCUT2D eigenvalue weighted by Gasteiger charge is -2.06. The van der Waals surface area contributed by atoms with Crippen molar-refractivity contribution in [2.24, 2.45) is 10.2 Å². The molecule has 0 saturated heterocycles. The maximum absolute atomic E-state index is 12.7. The number of carbonyl (C=O) groups is 1. The van der Waals surface area contributed by atoms with Crippen LogP contribution in [-0.2, 0) is 4.79 Å². The van der Waals surface area contributed by atoms with Crippen molar-refractivity contribution in [2.45, 2.75) is 6.92 Å². The summed E-state index contributed by atoms with van der Waals surface area (Å²) in [4.78, 5) is 18.2. The van der Waals surface area contributed by atoms with Crippen molar-refractivity contribution in [1.29, 1.82) is 0 Å². The predicted octanol–water partition coefficient (Wildman–Crippen LogP) is 3.77. The Kier molecular flexibility index (Phi) is 4.23. The van der Waals surface area contributed by atoms with Gasteiger partial charge in [-0.2, -0.15) is 15.2 Å². The Labute approximate surface area is 156 Å². The fourth-order valence-corrected chi connectivity index (χ4v) is 3.84. The van der Waals surface area contributed by atoms with Gasteiger partial charge in [-0.15, -0.1) is 22.7 Å². The molecule has 1 aliphatic heterocycles. The van der Waals surface area contributed by atoms with E-state index < -0.39 is 0 Å². The van der Waals surface area contributed by atoms with Gasteiger partial charge in [-0.3, -0.25) is 10.2 Å². The number of aromatic nitrogens is 1. The molecule has 4 rings (SSSR count). The first-order chi connectivity index (χ1) is 12.6. The zero-order valence-corrected chi connectivity index (χ0v) is 15.2. The fraction of sp³-hybridized carbons (Fsp3) is 0.0588. The second kappa shape index (κ2) is 6.70. The zero-order valence-electron chi connectivity index (χ0n) is 13.6. The van der Waals surface area contributed by atoms with Crippen LogP contribution in [0.3, 0.4) is 0 Å². The van der Waals surface area contributed by atoms with E-state index in [1.54, 1.807) is 30.4 Å². The number of hydrogen-bond acceptors (Lipinski definition) is 8. The van der Waals surface area contributed by atoms with E-state index in [4.69, 9.17) is 0 Å². The molecule has 7 nitrogen and oxygen atoms in total. The van der Waals surface area contributed by atoms with Gasteiger partial charge in [0.25, 0.3) is 0 Å². The zero-order chi connectivity index (χ0) is 18.1. The number of carbonyl (C=O) groups excluding carboxylic acids is 1. The van der Waals surface area contributed by atoms with E-state index in [9.17, 15) is 9.90 Å². The van der Waals surface area contributed by atoms with Crippen molar-refractivity contribution in [1.82, 2.24) is 4.98 Å². The van der Waals surface area contributed by atoms with Crippen molar-refractivity contribution in [3.63, 3.8) is 0 Å². The average molecular weight is 383 g/mol. The summed E-state index contributed by atoms with van der Waals surface area (Å²) in [5, 5.41) is 23.4. The quantitative estimate of drug-likeness (QED) is 0.530. The molecule has 130 valence electrons. The van der Waals surface area contributed by atoms with Crippen LogP contribution in [0.4, 0.5) is 10.8 Å². The van der Waals surface area contributed by atoms with Gasteiger partial charge in [0, 0.05) is 5.38 Å². The van der Waals surface area contributed by atoms with Crippen LogP contribution in [0.5, 0.6) is 5.75 Å². The maximum atomic E-state index is 12.7. The summed E-state index contributed by atoms with van der Waals surface area (Å²) < 4.78 is 0. The molecule has 2 aromatic heterocycles. The third kappa shape index (κ3) is 3.09. The molecule has 1 aromatic carbocycles. The molecular formula is C17H13N5O2S2. The van der Waals surface area contributed by atoms with Crippen LogP contribution in [0, 0.1) is 0 Å². The number of benzene rings is 1. The summed E-state index contributed by atoms with van der Waals surface area (Å²) in [6.07, 6.45) is 0. The highest BCUT2D eigenvalue weighted by molar-refractivity contribution is 7.16. The third-order valence-electron chi connectivity index (χ3n) is 3.60. The van der Waals surface area contributed by atoms with Crippen molar-refractivity contribution in [3.05, 3.63) is 47.2 Å². The molecule has 0 saturated carbocycles. The largest absolute Gasteiger partial charge is 0.508 e. The first kappa shape index (κ1) is 16.4. The smallest absolute Gasteiger partial charge is 0.303 e. The SMILES string of the molecule is CC1=NN(c2nc(-c3cccs3)cs2)C(=O)/C1=N\Nc1ccc(O)cc1. The van der Waals surface area contributed by atoms with Gasteiger partial charge in [-0.25, -0.2) is 4.98 Å². The average Bonchev–Trinajstić information content (AvgIpc) is 3.36. The molecule has 2 N–H and O–H groups in total. The van der Waals surface area contributed by atoms with Crippen LogP contribution < -0.4 is 10.4 Å². The molecule has 3 heterocycles. The summed E-state index contributed by atoms with van der Waals surface area (Å²) in [5.74, 6) is -0.171. The lowest BCUT2D eigenvalue weighted by Crippen LogP contribution is -2.27. The van der Waals surface area contributed by atoms with E-state index in [2.05, 4.69) is 20.6 Å². The van der Waals surface area contributed by atoms with Gasteiger partial charge in [0.2, 0.25) is 5.13 Å². The van der Waals surface area contributed by atoms with Gasteiger partial charge < -0.3 is 5.11 Å². The van der Waals surface area contributed by atoms with Gasteiger partial charge in [0.15, 0.2) is 5.71 Å². The molecule has 0 radical (unpaired) electrons. The van der Waals surface area contributed by atoms with Gasteiger partial charge >= 0.3 is 5.91 Å². The molecule has 0 spiro atoms. The lowest BCUT2D eigenvalue weighted by molar-refractivity contribution is -0.112.